The molecule has 1 heterocycles. The lowest BCUT2D eigenvalue weighted by Gasteiger charge is -2.25. The molecule has 0 spiro atoms. The van der Waals surface area contributed by atoms with Crippen molar-refractivity contribution in [2.75, 3.05) is 18.6 Å². The van der Waals surface area contributed by atoms with Gasteiger partial charge in [0, 0.05) is 5.69 Å². The van der Waals surface area contributed by atoms with Crippen LogP contribution in [0.5, 0.6) is 5.75 Å². The normalized spacial score (nSPS) is 19.0. The van der Waals surface area contributed by atoms with Gasteiger partial charge in [-0.2, -0.15) is 0 Å². The molecule has 0 saturated carbocycles. The minimum absolute atomic E-state index is 0.353. The van der Waals surface area contributed by atoms with Crippen molar-refractivity contribution in [3.05, 3.63) is 24.3 Å². The van der Waals surface area contributed by atoms with Crippen molar-refractivity contribution >= 4 is 23.5 Å². The number of carbonyl (C=O) groups excluding carboxylic acids is 2. The van der Waals surface area contributed by atoms with Crippen LogP contribution in [0.15, 0.2) is 24.3 Å². The first-order valence-electron chi connectivity index (χ1n) is 7.68. The van der Waals surface area contributed by atoms with Gasteiger partial charge in [0.2, 0.25) is 0 Å². The number of anilines is 1. The Kier molecular flexibility index (Phi) is 5.32. The van der Waals surface area contributed by atoms with E-state index in [1.807, 2.05) is 0 Å². The van der Waals surface area contributed by atoms with Gasteiger partial charge in [-0.05, 0) is 45.0 Å². The Hall–Kier alpha value is -2.61. The Labute approximate surface area is 145 Å². The number of aliphatic carboxylic acids is 1. The summed E-state index contributed by atoms with van der Waals surface area (Å²) in [6, 6.07) is 6.46. The molecule has 8 nitrogen and oxygen atoms in total. The van der Waals surface area contributed by atoms with E-state index in [-0.39, 0.29) is 6.54 Å². The number of amides is 1. The summed E-state index contributed by atoms with van der Waals surface area (Å²) in [6.07, 6.45) is -2.30. The number of hydrogen-bond acceptors (Lipinski definition) is 6. The smallest absolute Gasteiger partial charge is 0.336 e. The molecule has 8 heteroatoms. The molecule has 0 bridgehead atoms. The largest absolute Gasteiger partial charge is 0.497 e. The van der Waals surface area contributed by atoms with Gasteiger partial charge in [-0.15, -0.1) is 0 Å². The number of carboxylic acid groups (broad SMARTS) is 1. The average Bonchev–Trinajstić information content (AvgIpc) is 3.31. The summed E-state index contributed by atoms with van der Waals surface area (Å²) >= 11 is 0. The van der Waals surface area contributed by atoms with E-state index >= 15 is 0 Å². The maximum absolute atomic E-state index is 12.6. The summed E-state index contributed by atoms with van der Waals surface area (Å²) in [5.74, 6) is -1.85. The lowest BCUT2D eigenvalue weighted by molar-refractivity contribution is -0.153. The number of carbonyl (C=O) groups is 3. The lowest BCUT2D eigenvalue weighted by Crippen LogP contribution is -2.41. The van der Waals surface area contributed by atoms with Crippen molar-refractivity contribution in [2.45, 2.75) is 38.6 Å². The van der Waals surface area contributed by atoms with Crippen LogP contribution in [-0.4, -0.2) is 54.4 Å². The van der Waals surface area contributed by atoms with E-state index in [0.29, 0.717) is 11.4 Å². The van der Waals surface area contributed by atoms with Crippen LogP contribution in [0.4, 0.5) is 5.69 Å². The third-order valence-electron chi connectivity index (χ3n) is 3.34. The van der Waals surface area contributed by atoms with Crippen LogP contribution >= 0.6 is 0 Å². The Morgan fingerprint density at radius 1 is 1.16 bits per heavy atom. The molecule has 0 aromatic heterocycles. The summed E-state index contributed by atoms with van der Waals surface area (Å²) in [5.41, 5.74) is -0.290. The maximum atomic E-state index is 12.6. The Morgan fingerprint density at radius 3 is 2.20 bits per heavy atom. The fourth-order valence-corrected chi connectivity index (χ4v) is 2.20. The summed E-state index contributed by atoms with van der Waals surface area (Å²) < 4.78 is 15.2. The minimum atomic E-state index is -1.22. The fourth-order valence-electron chi connectivity index (χ4n) is 2.20. The van der Waals surface area contributed by atoms with E-state index in [0.717, 1.165) is 4.90 Å². The van der Waals surface area contributed by atoms with Crippen LogP contribution in [0.1, 0.15) is 20.8 Å². The SMILES string of the molecule is COc1ccc(N(CC(=O)OC(C)(C)C)C(=O)C2OC2C(=O)O)cc1. The van der Waals surface area contributed by atoms with Gasteiger partial charge in [0.15, 0.2) is 12.2 Å². The summed E-state index contributed by atoms with van der Waals surface area (Å²) in [5, 5.41) is 8.92. The highest BCUT2D eigenvalue weighted by Gasteiger charge is 2.52. The number of epoxide rings is 1. The summed E-state index contributed by atoms with van der Waals surface area (Å²) in [7, 11) is 1.51. The average molecular weight is 351 g/mol. The van der Waals surface area contributed by atoms with Gasteiger partial charge in [0.1, 0.15) is 17.9 Å². The number of hydrogen-bond donors (Lipinski definition) is 1. The number of esters is 1. The summed E-state index contributed by atoms with van der Waals surface area (Å²) in [6.45, 7) is 4.80. The highest BCUT2D eigenvalue weighted by atomic mass is 16.6. The quantitative estimate of drug-likeness (QED) is 0.607. The van der Waals surface area contributed by atoms with Crippen molar-refractivity contribution in [3.8, 4) is 5.75 Å². The van der Waals surface area contributed by atoms with E-state index in [4.69, 9.17) is 19.3 Å². The van der Waals surface area contributed by atoms with Crippen molar-refractivity contribution in [2.24, 2.45) is 0 Å². The zero-order chi connectivity index (χ0) is 18.8. The molecule has 1 fully saturated rings. The third kappa shape index (κ3) is 4.93. The van der Waals surface area contributed by atoms with Gasteiger partial charge >= 0.3 is 11.9 Å². The second-order valence-electron chi connectivity index (χ2n) is 6.52. The monoisotopic (exact) mass is 351 g/mol. The molecule has 136 valence electrons. The minimum Gasteiger partial charge on any atom is -0.497 e. The van der Waals surface area contributed by atoms with Gasteiger partial charge < -0.3 is 19.3 Å². The fraction of sp³-hybridized carbons (Fsp3) is 0.471. The third-order valence-corrected chi connectivity index (χ3v) is 3.34. The Morgan fingerprint density at radius 2 is 1.76 bits per heavy atom. The Bertz CT molecular complexity index is 663. The van der Waals surface area contributed by atoms with Gasteiger partial charge in [-0.25, -0.2) is 4.79 Å². The van der Waals surface area contributed by atoms with Crippen molar-refractivity contribution in [3.63, 3.8) is 0 Å². The van der Waals surface area contributed by atoms with Crippen LogP contribution in [-0.2, 0) is 23.9 Å². The second kappa shape index (κ2) is 7.10. The van der Waals surface area contributed by atoms with Gasteiger partial charge in [-0.1, -0.05) is 0 Å². The number of nitrogens with zero attached hydrogens (tertiary/aromatic N) is 1. The molecule has 1 saturated heterocycles. The number of methoxy groups -OCH3 is 1. The second-order valence-corrected chi connectivity index (χ2v) is 6.52. The maximum Gasteiger partial charge on any atom is 0.336 e. The van der Waals surface area contributed by atoms with Crippen molar-refractivity contribution < 1.29 is 33.7 Å². The first-order valence-corrected chi connectivity index (χ1v) is 7.68. The predicted molar refractivity (Wildman–Crippen MR) is 87.5 cm³/mol. The molecule has 1 amide bonds. The molecule has 1 aromatic rings. The molecular weight excluding hydrogens is 330 g/mol. The van der Waals surface area contributed by atoms with Crippen LogP contribution in [0, 0.1) is 0 Å². The van der Waals surface area contributed by atoms with E-state index in [2.05, 4.69) is 0 Å². The molecule has 2 rings (SSSR count). The lowest BCUT2D eigenvalue weighted by atomic mass is 10.2. The van der Waals surface area contributed by atoms with Gasteiger partial charge in [0.25, 0.3) is 5.91 Å². The highest BCUT2D eigenvalue weighted by molar-refractivity contribution is 6.04. The molecule has 1 N–H and O–H groups in total. The van der Waals surface area contributed by atoms with Gasteiger partial charge in [0.05, 0.1) is 7.11 Å². The topological polar surface area (TPSA) is 106 Å². The summed E-state index contributed by atoms with van der Waals surface area (Å²) in [4.78, 5) is 36.8. The van der Waals surface area contributed by atoms with Crippen LogP contribution in [0.3, 0.4) is 0 Å². The number of rotatable bonds is 6. The van der Waals surface area contributed by atoms with Crippen LogP contribution in [0.25, 0.3) is 0 Å². The first kappa shape index (κ1) is 18.7. The Balaban J connectivity index is 2.20. The highest BCUT2D eigenvalue weighted by Crippen LogP contribution is 2.28. The molecule has 1 aromatic carbocycles. The van der Waals surface area contributed by atoms with E-state index in [9.17, 15) is 14.4 Å². The zero-order valence-corrected chi connectivity index (χ0v) is 14.5. The van der Waals surface area contributed by atoms with E-state index < -0.39 is 35.7 Å². The van der Waals surface area contributed by atoms with Crippen molar-refractivity contribution in [1.29, 1.82) is 0 Å². The van der Waals surface area contributed by atoms with Crippen LogP contribution < -0.4 is 9.64 Å². The molecule has 2 atom stereocenters. The van der Waals surface area contributed by atoms with Gasteiger partial charge in [-0.3, -0.25) is 14.5 Å². The van der Waals surface area contributed by atoms with Crippen LogP contribution in [0.2, 0.25) is 0 Å². The van der Waals surface area contributed by atoms with E-state index in [1.165, 1.54) is 7.11 Å². The molecule has 2 unspecified atom stereocenters. The number of benzene rings is 1. The number of carboxylic acids is 1. The zero-order valence-electron chi connectivity index (χ0n) is 14.5. The molecule has 0 aliphatic carbocycles. The number of ether oxygens (including phenoxy) is 3. The predicted octanol–water partition coefficient (Wildman–Crippen LogP) is 1.22. The molecule has 1 aliphatic rings. The first-order chi connectivity index (χ1) is 11.6. The van der Waals surface area contributed by atoms with E-state index in [1.54, 1.807) is 45.0 Å². The molecule has 1 aliphatic heterocycles. The molecule has 0 radical (unpaired) electrons. The molecule has 25 heavy (non-hydrogen) atoms. The standard InChI is InChI=1S/C17H21NO7/c1-17(2,3)25-12(19)9-18(10-5-7-11(23-4)8-6-10)15(20)13-14(24-13)16(21)22/h5-8,13-14H,9H2,1-4H3,(H,21,22). The van der Waals surface area contributed by atoms with Crippen molar-refractivity contribution in [1.82, 2.24) is 0 Å². The molecular formula is C17H21NO7.